The molecule has 0 aromatic carbocycles. The molecular formula is C14H21BClN3O2. The van der Waals surface area contributed by atoms with Crippen LogP contribution in [0, 0.1) is 0 Å². The molecule has 4 N–H and O–H groups in total. The maximum atomic E-state index is 5.99. The van der Waals surface area contributed by atoms with E-state index in [1.165, 1.54) is 6.20 Å². The van der Waals surface area contributed by atoms with E-state index < -0.39 is 18.3 Å². The SMILES string of the molecule is CC1(C)OB(C(=Cc2cc(Cl)cnc2N)CN)OC1(C)C. The van der Waals surface area contributed by atoms with Crippen LogP contribution in [-0.2, 0) is 9.31 Å². The Morgan fingerprint density at radius 2 is 1.90 bits per heavy atom. The Morgan fingerprint density at radius 1 is 1.33 bits per heavy atom. The van der Waals surface area contributed by atoms with Gasteiger partial charge in [0.15, 0.2) is 0 Å². The Balaban J connectivity index is 2.33. The summed E-state index contributed by atoms with van der Waals surface area (Å²) in [4.78, 5) is 4.03. The molecule has 5 nitrogen and oxygen atoms in total. The lowest BCUT2D eigenvalue weighted by Gasteiger charge is -2.32. The second-order valence-corrected chi connectivity index (χ2v) is 6.58. The fourth-order valence-electron chi connectivity index (χ4n) is 2.00. The quantitative estimate of drug-likeness (QED) is 0.837. The van der Waals surface area contributed by atoms with E-state index in [-0.39, 0.29) is 0 Å². The van der Waals surface area contributed by atoms with Gasteiger partial charge in [-0.2, -0.15) is 0 Å². The van der Waals surface area contributed by atoms with Crippen LogP contribution < -0.4 is 11.5 Å². The van der Waals surface area contributed by atoms with E-state index in [2.05, 4.69) is 4.98 Å². The number of hydrogen-bond acceptors (Lipinski definition) is 5. The van der Waals surface area contributed by atoms with Gasteiger partial charge in [-0.25, -0.2) is 4.98 Å². The van der Waals surface area contributed by atoms with Crippen molar-refractivity contribution in [3.8, 4) is 0 Å². The van der Waals surface area contributed by atoms with E-state index in [0.717, 1.165) is 5.47 Å². The first-order valence-electron chi connectivity index (χ1n) is 6.83. The number of nitrogens with zero attached hydrogens (tertiary/aromatic N) is 1. The lowest BCUT2D eigenvalue weighted by Crippen LogP contribution is -2.41. The van der Waals surface area contributed by atoms with Crippen molar-refractivity contribution < 1.29 is 9.31 Å². The fourth-order valence-corrected chi connectivity index (χ4v) is 2.16. The molecule has 0 bridgehead atoms. The van der Waals surface area contributed by atoms with Crippen molar-refractivity contribution in [2.24, 2.45) is 5.73 Å². The highest BCUT2D eigenvalue weighted by atomic mass is 35.5. The van der Waals surface area contributed by atoms with Gasteiger partial charge in [0.1, 0.15) is 5.82 Å². The largest absolute Gasteiger partial charge is 0.491 e. The van der Waals surface area contributed by atoms with Gasteiger partial charge in [0.05, 0.1) is 16.2 Å². The van der Waals surface area contributed by atoms with Crippen LogP contribution in [0.4, 0.5) is 5.82 Å². The van der Waals surface area contributed by atoms with E-state index in [1.807, 2.05) is 33.8 Å². The maximum absolute atomic E-state index is 5.99. The predicted octanol–water partition coefficient (Wildman–Crippen LogP) is 2.29. The van der Waals surface area contributed by atoms with Crippen LogP contribution >= 0.6 is 11.6 Å². The highest BCUT2D eigenvalue weighted by Gasteiger charge is 2.52. The molecule has 1 aromatic rings. The number of anilines is 1. The third-order valence-corrected chi connectivity index (χ3v) is 4.26. The van der Waals surface area contributed by atoms with Crippen molar-refractivity contribution in [1.29, 1.82) is 0 Å². The highest BCUT2D eigenvalue weighted by molar-refractivity contribution is 6.56. The van der Waals surface area contributed by atoms with Gasteiger partial charge in [0.25, 0.3) is 0 Å². The number of nitrogen functional groups attached to an aromatic ring is 1. The molecule has 0 amide bonds. The lowest BCUT2D eigenvalue weighted by molar-refractivity contribution is 0.00578. The molecule has 21 heavy (non-hydrogen) atoms. The first-order valence-corrected chi connectivity index (χ1v) is 7.21. The van der Waals surface area contributed by atoms with E-state index in [1.54, 1.807) is 6.07 Å². The summed E-state index contributed by atoms with van der Waals surface area (Å²) in [6, 6.07) is 1.74. The monoisotopic (exact) mass is 309 g/mol. The molecule has 1 aliphatic rings. The minimum atomic E-state index is -0.501. The highest BCUT2D eigenvalue weighted by Crippen LogP contribution is 2.38. The standard InChI is InChI=1S/C14H21BClN3O2/c1-13(2)14(3,4)21-15(20-13)10(7-17)5-9-6-11(16)8-19-12(9)18/h5-6,8H,7,17H2,1-4H3,(H2,18,19). The van der Waals surface area contributed by atoms with Crippen LogP contribution in [0.2, 0.25) is 5.02 Å². The number of halogens is 1. The van der Waals surface area contributed by atoms with Gasteiger partial charge >= 0.3 is 7.12 Å². The second kappa shape index (κ2) is 5.61. The van der Waals surface area contributed by atoms with Gasteiger partial charge in [-0.1, -0.05) is 17.7 Å². The van der Waals surface area contributed by atoms with Gasteiger partial charge in [-0.15, -0.1) is 0 Å². The number of rotatable bonds is 3. The van der Waals surface area contributed by atoms with Gasteiger partial charge in [-0.3, -0.25) is 0 Å². The van der Waals surface area contributed by atoms with Crippen LogP contribution in [0.5, 0.6) is 0 Å². The van der Waals surface area contributed by atoms with Crippen molar-refractivity contribution in [2.45, 2.75) is 38.9 Å². The summed E-state index contributed by atoms with van der Waals surface area (Å²) < 4.78 is 12.0. The molecule has 1 aliphatic heterocycles. The van der Waals surface area contributed by atoms with Gasteiger partial charge in [-0.05, 0) is 39.2 Å². The van der Waals surface area contributed by atoms with Crippen LogP contribution in [0.15, 0.2) is 17.7 Å². The predicted molar refractivity (Wildman–Crippen MR) is 86.8 cm³/mol. The summed E-state index contributed by atoms with van der Waals surface area (Å²) in [6.45, 7) is 8.28. The molecule has 0 atom stereocenters. The number of aromatic nitrogens is 1. The van der Waals surface area contributed by atoms with Crippen LogP contribution in [0.3, 0.4) is 0 Å². The van der Waals surface area contributed by atoms with Crippen LogP contribution in [0.1, 0.15) is 33.3 Å². The maximum Gasteiger partial charge on any atom is 0.491 e. The fraction of sp³-hybridized carbons (Fsp3) is 0.500. The molecule has 114 valence electrons. The van der Waals surface area contributed by atoms with E-state index in [0.29, 0.717) is 22.9 Å². The average molecular weight is 310 g/mol. The van der Waals surface area contributed by atoms with Gasteiger partial charge in [0.2, 0.25) is 0 Å². The van der Waals surface area contributed by atoms with E-state index in [9.17, 15) is 0 Å². The van der Waals surface area contributed by atoms with Crippen molar-refractivity contribution in [3.63, 3.8) is 0 Å². The molecule has 1 fully saturated rings. The average Bonchev–Trinajstić information content (AvgIpc) is 2.59. The van der Waals surface area contributed by atoms with Crippen molar-refractivity contribution in [2.75, 3.05) is 12.3 Å². The van der Waals surface area contributed by atoms with Crippen LogP contribution in [0.25, 0.3) is 6.08 Å². The normalized spacial score (nSPS) is 20.9. The molecule has 7 heteroatoms. The third kappa shape index (κ3) is 3.24. The molecule has 1 aromatic heterocycles. The second-order valence-electron chi connectivity index (χ2n) is 6.14. The Bertz CT molecular complexity index is 559. The molecule has 2 heterocycles. The van der Waals surface area contributed by atoms with Crippen molar-refractivity contribution in [1.82, 2.24) is 4.98 Å². The molecular weight excluding hydrogens is 288 g/mol. The molecule has 0 unspecified atom stereocenters. The Kier molecular flexibility index (Phi) is 4.35. The summed E-state index contributed by atoms with van der Waals surface area (Å²) in [6.07, 6.45) is 3.33. The van der Waals surface area contributed by atoms with Crippen LogP contribution in [-0.4, -0.2) is 29.8 Å². The van der Waals surface area contributed by atoms with Gasteiger partial charge < -0.3 is 20.8 Å². The summed E-state index contributed by atoms with van der Waals surface area (Å²) in [5.41, 5.74) is 12.4. The zero-order chi connectivity index (χ0) is 15.8. The minimum absolute atomic E-state index is 0.294. The third-order valence-electron chi connectivity index (χ3n) is 4.05. The Morgan fingerprint density at radius 3 is 2.43 bits per heavy atom. The Hall–Kier alpha value is -1.08. The molecule has 1 saturated heterocycles. The summed E-state index contributed by atoms with van der Waals surface area (Å²) in [7, 11) is -0.501. The summed E-state index contributed by atoms with van der Waals surface area (Å²) >= 11 is 5.95. The minimum Gasteiger partial charge on any atom is -0.400 e. The first kappa shape index (κ1) is 16.3. The Labute approximate surface area is 130 Å². The van der Waals surface area contributed by atoms with Crippen molar-refractivity contribution in [3.05, 3.63) is 28.3 Å². The first-order chi connectivity index (χ1) is 9.66. The lowest BCUT2D eigenvalue weighted by atomic mass is 9.77. The van der Waals surface area contributed by atoms with Crippen molar-refractivity contribution >= 4 is 30.6 Å². The number of pyridine rings is 1. The number of hydrogen-bond donors (Lipinski definition) is 2. The summed E-state index contributed by atoms with van der Waals surface area (Å²) in [5.74, 6) is 0.391. The van der Waals surface area contributed by atoms with Gasteiger partial charge in [0, 0.05) is 18.3 Å². The number of nitrogens with two attached hydrogens (primary N) is 2. The van der Waals surface area contributed by atoms with E-state index in [4.69, 9.17) is 32.4 Å². The zero-order valence-corrected chi connectivity index (χ0v) is 13.6. The van der Waals surface area contributed by atoms with E-state index >= 15 is 0 Å². The molecule has 0 aliphatic carbocycles. The molecule has 0 saturated carbocycles. The smallest absolute Gasteiger partial charge is 0.400 e. The molecule has 0 spiro atoms. The zero-order valence-electron chi connectivity index (χ0n) is 12.8. The topological polar surface area (TPSA) is 83.4 Å². The molecule has 0 radical (unpaired) electrons. The molecule has 2 rings (SSSR count). The summed E-state index contributed by atoms with van der Waals surface area (Å²) in [5, 5.41) is 0.515.